The van der Waals surface area contributed by atoms with E-state index < -0.39 is 27.4 Å². The lowest BCUT2D eigenvalue weighted by Crippen LogP contribution is -2.23. The van der Waals surface area contributed by atoms with Crippen LogP contribution in [0.25, 0.3) is 0 Å². The lowest BCUT2D eigenvalue weighted by molar-refractivity contribution is 0.102. The molecule has 1 aromatic heterocycles. The van der Waals surface area contributed by atoms with E-state index in [1.54, 1.807) is 6.92 Å². The quantitative estimate of drug-likeness (QED) is 0.838. The van der Waals surface area contributed by atoms with E-state index >= 15 is 0 Å². The van der Waals surface area contributed by atoms with Crippen molar-refractivity contribution in [2.75, 3.05) is 22.1 Å². The van der Waals surface area contributed by atoms with Crippen LogP contribution in [0.1, 0.15) is 22.6 Å². The Balaban J connectivity index is 1.76. The maximum absolute atomic E-state index is 13.2. The van der Waals surface area contributed by atoms with Crippen molar-refractivity contribution in [1.29, 1.82) is 0 Å². The SMILES string of the molecule is Cc1cc(C(=O)Nc2ccc(F)c(F)c2)nc(NC2CCS(=O)(=O)C2)n1. The van der Waals surface area contributed by atoms with Gasteiger partial charge in [-0.05, 0) is 31.5 Å². The maximum Gasteiger partial charge on any atom is 0.274 e. The molecule has 138 valence electrons. The molecule has 1 aliphatic rings. The third-order valence-electron chi connectivity index (χ3n) is 3.83. The molecule has 7 nitrogen and oxygen atoms in total. The predicted molar refractivity (Wildman–Crippen MR) is 91.8 cm³/mol. The average molecular weight is 382 g/mol. The number of hydrogen-bond donors (Lipinski definition) is 2. The molecule has 2 aromatic rings. The highest BCUT2D eigenvalue weighted by Gasteiger charge is 2.28. The van der Waals surface area contributed by atoms with Gasteiger partial charge < -0.3 is 10.6 Å². The molecule has 0 spiro atoms. The Morgan fingerprint density at radius 1 is 1.19 bits per heavy atom. The molecule has 2 N–H and O–H groups in total. The van der Waals surface area contributed by atoms with E-state index in [-0.39, 0.29) is 34.9 Å². The molecular weight excluding hydrogens is 366 g/mol. The van der Waals surface area contributed by atoms with Crippen LogP contribution >= 0.6 is 0 Å². The van der Waals surface area contributed by atoms with Crippen molar-refractivity contribution >= 4 is 27.4 Å². The summed E-state index contributed by atoms with van der Waals surface area (Å²) < 4.78 is 49.2. The molecular formula is C16H16F2N4O3S. The Bertz CT molecular complexity index is 966. The molecule has 0 aliphatic carbocycles. The van der Waals surface area contributed by atoms with Crippen molar-refractivity contribution in [3.63, 3.8) is 0 Å². The highest BCUT2D eigenvalue weighted by atomic mass is 32.2. The molecule has 1 unspecified atom stereocenters. The van der Waals surface area contributed by atoms with Crippen LogP contribution in [0.5, 0.6) is 0 Å². The molecule has 1 atom stereocenters. The minimum atomic E-state index is -3.06. The summed E-state index contributed by atoms with van der Waals surface area (Å²) in [4.78, 5) is 20.6. The predicted octanol–water partition coefficient (Wildman–Crippen LogP) is 1.91. The standard InChI is InChI=1S/C16H16F2N4O3S/c1-9-6-14(15(23)20-10-2-3-12(17)13(18)7-10)22-16(19-9)21-11-4-5-26(24,25)8-11/h2-3,6-7,11H,4-5,8H2,1H3,(H,20,23)(H,19,21,22). The van der Waals surface area contributed by atoms with Crippen molar-refractivity contribution in [2.45, 2.75) is 19.4 Å². The molecule has 1 amide bonds. The van der Waals surface area contributed by atoms with Crippen LogP contribution in [0.4, 0.5) is 20.4 Å². The number of carbonyl (C=O) groups excluding carboxylic acids is 1. The summed E-state index contributed by atoms with van der Waals surface area (Å²) >= 11 is 0. The van der Waals surface area contributed by atoms with Crippen LogP contribution in [-0.4, -0.2) is 41.8 Å². The van der Waals surface area contributed by atoms with Crippen molar-refractivity contribution in [2.24, 2.45) is 0 Å². The molecule has 3 rings (SSSR count). The van der Waals surface area contributed by atoms with Crippen LogP contribution in [0.2, 0.25) is 0 Å². The second-order valence-corrected chi connectivity index (χ2v) is 8.27. The average Bonchev–Trinajstić information content (AvgIpc) is 2.89. The molecule has 26 heavy (non-hydrogen) atoms. The Morgan fingerprint density at radius 2 is 1.96 bits per heavy atom. The Morgan fingerprint density at radius 3 is 2.62 bits per heavy atom. The number of aryl methyl sites for hydroxylation is 1. The maximum atomic E-state index is 13.2. The van der Waals surface area contributed by atoms with Crippen LogP contribution < -0.4 is 10.6 Å². The van der Waals surface area contributed by atoms with Gasteiger partial charge >= 0.3 is 0 Å². The molecule has 0 saturated carbocycles. The third-order valence-corrected chi connectivity index (χ3v) is 5.60. The largest absolute Gasteiger partial charge is 0.350 e. The summed E-state index contributed by atoms with van der Waals surface area (Å²) in [5.41, 5.74) is 0.603. The number of rotatable bonds is 4. The van der Waals surface area contributed by atoms with Gasteiger partial charge in [0, 0.05) is 23.5 Å². The second kappa shape index (κ2) is 6.94. The van der Waals surface area contributed by atoms with Gasteiger partial charge in [0.2, 0.25) is 5.95 Å². The first-order valence-corrected chi connectivity index (χ1v) is 9.63. The van der Waals surface area contributed by atoms with Crippen molar-refractivity contribution in [1.82, 2.24) is 9.97 Å². The number of hydrogen-bond acceptors (Lipinski definition) is 6. The van der Waals surface area contributed by atoms with E-state index in [0.29, 0.717) is 12.1 Å². The van der Waals surface area contributed by atoms with Gasteiger partial charge in [0.05, 0.1) is 11.5 Å². The van der Waals surface area contributed by atoms with E-state index in [1.165, 1.54) is 12.1 Å². The Labute approximate surface area is 148 Å². The van der Waals surface area contributed by atoms with Crippen LogP contribution in [0.15, 0.2) is 24.3 Å². The molecule has 1 aromatic carbocycles. The van der Waals surface area contributed by atoms with Crippen molar-refractivity contribution < 1.29 is 22.0 Å². The molecule has 0 bridgehead atoms. The van der Waals surface area contributed by atoms with Crippen LogP contribution in [-0.2, 0) is 9.84 Å². The van der Waals surface area contributed by atoms with Crippen molar-refractivity contribution in [3.05, 3.63) is 47.3 Å². The van der Waals surface area contributed by atoms with Gasteiger partial charge in [-0.3, -0.25) is 4.79 Å². The van der Waals surface area contributed by atoms with Crippen molar-refractivity contribution in [3.8, 4) is 0 Å². The summed E-state index contributed by atoms with van der Waals surface area (Å²) in [7, 11) is -3.06. The number of halogens is 2. The zero-order valence-electron chi connectivity index (χ0n) is 13.8. The van der Waals surface area contributed by atoms with Gasteiger partial charge in [0.1, 0.15) is 5.69 Å². The summed E-state index contributed by atoms with van der Waals surface area (Å²) in [6, 6.07) is 4.12. The summed E-state index contributed by atoms with van der Waals surface area (Å²) in [5, 5.41) is 5.35. The normalized spacial score (nSPS) is 18.5. The number of nitrogens with zero attached hydrogens (tertiary/aromatic N) is 2. The molecule has 0 radical (unpaired) electrons. The zero-order valence-corrected chi connectivity index (χ0v) is 14.6. The second-order valence-electron chi connectivity index (χ2n) is 6.05. The Hall–Kier alpha value is -2.62. The molecule has 10 heteroatoms. The van der Waals surface area contributed by atoms with E-state index in [9.17, 15) is 22.0 Å². The molecule has 2 heterocycles. The summed E-state index contributed by atoms with van der Waals surface area (Å²) in [5.74, 6) is -2.49. The van der Waals surface area contributed by atoms with E-state index in [2.05, 4.69) is 20.6 Å². The Kier molecular flexibility index (Phi) is 4.86. The fourth-order valence-corrected chi connectivity index (χ4v) is 4.28. The van der Waals surface area contributed by atoms with E-state index in [0.717, 1.165) is 12.1 Å². The molecule has 1 fully saturated rings. The fraction of sp³-hybridized carbons (Fsp3) is 0.312. The zero-order chi connectivity index (χ0) is 18.9. The van der Waals surface area contributed by atoms with Gasteiger partial charge in [-0.25, -0.2) is 27.2 Å². The van der Waals surface area contributed by atoms with Gasteiger partial charge in [0.25, 0.3) is 5.91 Å². The van der Waals surface area contributed by atoms with Gasteiger partial charge in [0.15, 0.2) is 21.5 Å². The van der Waals surface area contributed by atoms with Gasteiger partial charge in [-0.15, -0.1) is 0 Å². The first kappa shape index (κ1) is 18.2. The summed E-state index contributed by atoms with van der Waals surface area (Å²) in [6.45, 7) is 1.66. The number of amides is 1. The molecule has 1 aliphatic heterocycles. The highest BCUT2D eigenvalue weighted by molar-refractivity contribution is 7.91. The lowest BCUT2D eigenvalue weighted by atomic mass is 10.2. The number of benzene rings is 1. The number of carbonyl (C=O) groups is 1. The molecule has 1 saturated heterocycles. The van der Waals surface area contributed by atoms with E-state index in [4.69, 9.17) is 0 Å². The topological polar surface area (TPSA) is 101 Å². The summed E-state index contributed by atoms with van der Waals surface area (Å²) in [6.07, 6.45) is 0.440. The third kappa shape index (κ3) is 4.31. The number of anilines is 2. The van der Waals surface area contributed by atoms with E-state index in [1.807, 2.05) is 0 Å². The monoisotopic (exact) mass is 382 g/mol. The first-order valence-electron chi connectivity index (χ1n) is 7.81. The number of aromatic nitrogens is 2. The minimum absolute atomic E-state index is 0.0132. The highest BCUT2D eigenvalue weighted by Crippen LogP contribution is 2.17. The first-order chi connectivity index (χ1) is 12.2. The number of nitrogens with one attached hydrogen (secondary N) is 2. The van der Waals surface area contributed by atoms with Crippen LogP contribution in [0, 0.1) is 18.6 Å². The van der Waals surface area contributed by atoms with Crippen LogP contribution in [0.3, 0.4) is 0 Å². The van der Waals surface area contributed by atoms with Gasteiger partial charge in [-0.2, -0.15) is 0 Å². The fourth-order valence-electron chi connectivity index (χ4n) is 2.61. The smallest absolute Gasteiger partial charge is 0.274 e. The number of sulfone groups is 1. The lowest BCUT2D eigenvalue weighted by Gasteiger charge is -2.12. The van der Waals surface area contributed by atoms with Gasteiger partial charge in [-0.1, -0.05) is 0 Å². The minimum Gasteiger partial charge on any atom is -0.350 e.